The summed E-state index contributed by atoms with van der Waals surface area (Å²) in [5.74, 6) is -1.28. The average molecular weight is 503 g/mol. The van der Waals surface area contributed by atoms with Crippen LogP contribution in [0.5, 0.6) is 11.5 Å². The first-order valence-corrected chi connectivity index (χ1v) is 11.9. The maximum atomic E-state index is 13.3. The molecule has 0 spiro atoms. The summed E-state index contributed by atoms with van der Waals surface area (Å²) < 4.78 is 11.8. The molecule has 4 heterocycles. The highest BCUT2D eigenvalue weighted by molar-refractivity contribution is 5.98. The molecule has 2 aromatic carbocycles. The van der Waals surface area contributed by atoms with Crippen LogP contribution in [0.3, 0.4) is 0 Å². The fourth-order valence-corrected chi connectivity index (χ4v) is 4.44. The minimum atomic E-state index is -1.21. The molecule has 0 radical (unpaired) electrons. The summed E-state index contributed by atoms with van der Waals surface area (Å²) >= 11 is 0. The molecule has 10 heteroatoms. The molecule has 37 heavy (non-hydrogen) atoms. The number of carbonyl (C=O) groups excluding carboxylic acids is 2. The third-order valence-electron chi connectivity index (χ3n) is 6.27. The molecule has 0 unspecified atom stereocenters. The molecule has 6 rings (SSSR count). The number of likely N-dealkylation sites (tertiary alicyclic amines) is 1. The average Bonchev–Trinajstić information content (AvgIpc) is 3.26. The third-order valence-corrected chi connectivity index (χ3v) is 6.27. The predicted octanol–water partition coefficient (Wildman–Crippen LogP) is 1.85. The first-order chi connectivity index (χ1) is 17.9. The van der Waals surface area contributed by atoms with E-state index in [1.807, 2.05) is 42.6 Å². The summed E-state index contributed by atoms with van der Waals surface area (Å²) in [6.45, 7) is 1.73. The van der Waals surface area contributed by atoms with Gasteiger partial charge >= 0.3 is 5.97 Å². The Morgan fingerprint density at radius 2 is 1.92 bits per heavy atom. The molecule has 4 bridgehead atoms. The second-order valence-corrected chi connectivity index (χ2v) is 9.05. The van der Waals surface area contributed by atoms with Crippen molar-refractivity contribution in [3.8, 4) is 11.5 Å². The SMILES string of the molecule is O=C1COc2cc(C(=O)O)cc(c2)C(=O)N[C@H]2CN(Cc3cccnc3)C[C@@H]2Oc2ccc(cc2)CN1. The highest BCUT2D eigenvalue weighted by Crippen LogP contribution is 2.23. The number of benzene rings is 2. The first-order valence-electron chi connectivity index (χ1n) is 11.9. The number of carboxylic acid groups (broad SMARTS) is 1. The van der Waals surface area contributed by atoms with Crippen LogP contribution in [0, 0.1) is 0 Å². The quantitative estimate of drug-likeness (QED) is 0.495. The minimum absolute atomic E-state index is 0.115. The maximum absolute atomic E-state index is 13.3. The molecule has 10 nitrogen and oxygen atoms in total. The predicted molar refractivity (Wildman–Crippen MR) is 132 cm³/mol. The topological polar surface area (TPSA) is 130 Å². The standard InChI is InChI=1S/C27H26N4O6/c32-25-16-36-22-9-19(8-20(10-22)27(34)35)26(33)30-23-14-31(13-18-2-1-7-28-11-18)15-24(23)37-21-5-3-17(4-6-21)12-29-25/h1-11,23-24H,12-16H2,(H,29,32)(H,30,33)(H,34,35)/t23-,24-/m0/s1. The summed E-state index contributed by atoms with van der Waals surface area (Å²) in [7, 11) is 0. The number of aromatic carboxylic acids is 1. The van der Waals surface area contributed by atoms with Crippen molar-refractivity contribution in [3.63, 3.8) is 0 Å². The van der Waals surface area contributed by atoms with Crippen LogP contribution < -0.4 is 20.1 Å². The van der Waals surface area contributed by atoms with Crippen molar-refractivity contribution >= 4 is 17.8 Å². The molecule has 3 N–H and O–H groups in total. The van der Waals surface area contributed by atoms with Gasteiger partial charge in [-0.3, -0.25) is 19.5 Å². The molecule has 1 saturated heterocycles. The zero-order chi connectivity index (χ0) is 25.8. The smallest absolute Gasteiger partial charge is 0.335 e. The highest BCUT2D eigenvalue weighted by atomic mass is 16.5. The van der Waals surface area contributed by atoms with Crippen molar-refractivity contribution in [3.05, 3.63) is 89.2 Å². The Bertz CT molecular complexity index is 1300. The van der Waals surface area contributed by atoms with E-state index in [0.29, 0.717) is 31.9 Å². The van der Waals surface area contributed by atoms with E-state index in [2.05, 4.69) is 20.5 Å². The van der Waals surface area contributed by atoms with Gasteiger partial charge in [-0.15, -0.1) is 0 Å². The number of carbonyl (C=O) groups is 3. The second-order valence-electron chi connectivity index (χ2n) is 9.05. The molecular formula is C27H26N4O6. The number of pyridine rings is 1. The van der Waals surface area contributed by atoms with Crippen LogP contribution in [0.2, 0.25) is 0 Å². The van der Waals surface area contributed by atoms with Crippen LogP contribution in [0.25, 0.3) is 0 Å². The number of fused-ring (bicyclic) bond motifs is 7. The minimum Gasteiger partial charge on any atom is -0.487 e. The molecule has 0 aliphatic carbocycles. The normalized spacial score (nSPS) is 20.1. The molecule has 2 atom stereocenters. The fraction of sp³-hybridized carbons (Fsp3) is 0.259. The summed E-state index contributed by atoms with van der Waals surface area (Å²) in [4.78, 5) is 43.5. The van der Waals surface area contributed by atoms with Gasteiger partial charge in [0.2, 0.25) is 0 Å². The number of nitrogens with one attached hydrogen (secondary N) is 2. The van der Waals surface area contributed by atoms with Gasteiger partial charge in [-0.1, -0.05) is 18.2 Å². The van der Waals surface area contributed by atoms with Crippen LogP contribution in [0.1, 0.15) is 31.8 Å². The van der Waals surface area contributed by atoms with Crippen molar-refractivity contribution in [2.24, 2.45) is 0 Å². The zero-order valence-electron chi connectivity index (χ0n) is 19.9. The Labute approximate surface area is 213 Å². The maximum Gasteiger partial charge on any atom is 0.335 e. The molecular weight excluding hydrogens is 476 g/mol. The van der Waals surface area contributed by atoms with Crippen molar-refractivity contribution in [2.45, 2.75) is 25.2 Å². The van der Waals surface area contributed by atoms with Gasteiger partial charge in [0.15, 0.2) is 6.61 Å². The Kier molecular flexibility index (Phi) is 7.00. The molecule has 1 aromatic heterocycles. The Morgan fingerprint density at radius 3 is 2.68 bits per heavy atom. The van der Waals surface area contributed by atoms with Crippen molar-refractivity contribution in [1.29, 1.82) is 0 Å². The van der Waals surface area contributed by atoms with E-state index in [1.165, 1.54) is 18.2 Å². The molecule has 1 fully saturated rings. The van der Waals surface area contributed by atoms with Gasteiger partial charge < -0.3 is 25.2 Å². The van der Waals surface area contributed by atoms with Crippen LogP contribution >= 0.6 is 0 Å². The molecule has 190 valence electrons. The Balaban J connectivity index is 1.44. The number of amides is 2. The number of hydrogen-bond acceptors (Lipinski definition) is 7. The number of carboxylic acids is 1. The number of nitrogens with zero attached hydrogens (tertiary/aromatic N) is 2. The lowest BCUT2D eigenvalue weighted by Gasteiger charge is -2.21. The summed E-state index contributed by atoms with van der Waals surface area (Å²) in [5.41, 5.74) is 1.93. The lowest BCUT2D eigenvalue weighted by atomic mass is 10.1. The molecule has 3 aromatic rings. The lowest BCUT2D eigenvalue weighted by molar-refractivity contribution is -0.123. The monoisotopic (exact) mass is 502 g/mol. The summed E-state index contributed by atoms with van der Waals surface area (Å²) in [6.07, 6.45) is 3.18. The lowest BCUT2D eigenvalue weighted by Crippen LogP contribution is -2.45. The number of hydrogen-bond donors (Lipinski definition) is 3. The number of rotatable bonds is 3. The van der Waals surface area contributed by atoms with Crippen molar-refractivity contribution in [2.75, 3.05) is 19.7 Å². The van der Waals surface area contributed by atoms with Gasteiger partial charge in [-0.25, -0.2) is 4.79 Å². The third kappa shape index (κ3) is 6.04. The van der Waals surface area contributed by atoms with Gasteiger partial charge in [0.25, 0.3) is 11.8 Å². The van der Waals surface area contributed by atoms with Crippen LogP contribution in [0.15, 0.2) is 67.0 Å². The van der Waals surface area contributed by atoms with Crippen LogP contribution in [-0.2, 0) is 17.9 Å². The van der Waals surface area contributed by atoms with Gasteiger partial charge in [0.1, 0.15) is 17.6 Å². The summed E-state index contributed by atoms with van der Waals surface area (Å²) in [5, 5.41) is 15.3. The molecule has 3 aliphatic heterocycles. The highest BCUT2D eigenvalue weighted by Gasteiger charge is 2.36. The van der Waals surface area contributed by atoms with Gasteiger partial charge in [0.05, 0.1) is 11.6 Å². The summed E-state index contributed by atoms with van der Waals surface area (Å²) in [6, 6.07) is 14.9. The second kappa shape index (κ2) is 10.7. The molecule has 2 amide bonds. The van der Waals surface area contributed by atoms with Gasteiger partial charge in [0, 0.05) is 44.1 Å². The van der Waals surface area contributed by atoms with Crippen molar-refractivity contribution < 1.29 is 29.0 Å². The van der Waals surface area contributed by atoms with Crippen LogP contribution in [0.4, 0.5) is 0 Å². The van der Waals surface area contributed by atoms with Crippen molar-refractivity contribution in [1.82, 2.24) is 20.5 Å². The largest absolute Gasteiger partial charge is 0.487 e. The van der Waals surface area contributed by atoms with E-state index >= 15 is 0 Å². The Hall–Kier alpha value is -4.44. The Morgan fingerprint density at radius 1 is 1.08 bits per heavy atom. The van der Waals surface area contributed by atoms with E-state index in [1.54, 1.807) is 6.20 Å². The first kappa shape index (κ1) is 24.3. The van der Waals surface area contributed by atoms with E-state index < -0.39 is 11.9 Å². The van der Waals surface area contributed by atoms with Gasteiger partial charge in [-0.2, -0.15) is 0 Å². The van der Waals surface area contributed by atoms with E-state index in [9.17, 15) is 19.5 Å². The van der Waals surface area contributed by atoms with E-state index in [0.717, 1.165) is 11.1 Å². The number of aromatic nitrogens is 1. The molecule has 0 saturated carbocycles. The van der Waals surface area contributed by atoms with E-state index in [-0.39, 0.29) is 41.5 Å². The zero-order valence-corrected chi connectivity index (χ0v) is 19.9. The van der Waals surface area contributed by atoms with E-state index in [4.69, 9.17) is 9.47 Å². The van der Waals surface area contributed by atoms with Crippen LogP contribution in [-0.4, -0.2) is 64.6 Å². The molecule has 3 aliphatic rings. The fourth-order valence-electron chi connectivity index (χ4n) is 4.44. The van der Waals surface area contributed by atoms with Gasteiger partial charge in [-0.05, 0) is 47.5 Å². The number of ether oxygens (including phenoxy) is 2.